The van der Waals surface area contributed by atoms with Gasteiger partial charge in [-0.3, -0.25) is 14.6 Å². The first-order valence-electron chi connectivity index (χ1n) is 11.4. The van der Waals surface area contributed by atoms with Crippen LogP contribution >= 0.6 is 11.6 Å². The number of rotatable bonds is 6. The lowest BCUT2D eigenvalue weighted by Gasteiger charge is -2.37. The summed E-state index contributed by atoms with van der Waals surface area (Å²) in [6, 6.07) is 9.43. The second-order valence-corrected chi connectivity index (χ2v) is 9.11. The van der Waals surface area contributed by atoms with E-state index in [1.165, 1.54) is 6.92 Å². The summed E-state index contributed by atoms with van der Waals surface area (Å²) in [5.74, 6) is -0.552. The number of halogens is 1. The molecule has 2 amide bonds. The summed E-state index contributed by atoms with van der Waals surface area (Å²) >= 11 is 6.05. The minimum absolute atomic E-state index is 0.0341. The molecule has 0 spiro atoms. The molecule has 0 aliphatic carbocycles. The van der Waals surface area contributed by atoms with Crippen molar-refractivity contribution in [1.29, 1.82) is 0 Å². The number of hydrogen-bond acceptors (Lipinski definition) is 5. The Labute approximate surface area is 204 Å². The SMILES string of the molecule is CC(=O)Nc1c[nH]c2nccc(N3CCN(C(=O)[C@H](C=NC(C)C)c4ccc(Cl)cc4)CC3)c12. The highest BCUT2D eigenvalue weighted by molar-refractivity contribution is 6.30. The first-order chi connectivity index (χ1) is 16.3. The fourth-order valence-corrected chi connectivity index (χ4v) is 4.30. The lowest BCUT2D eigenvalue weighted by Crippen LogP contribution is -2.50. The van der Waals surface area contributed by atoms with E-state index in [1.54, 1.807) is 30.7 Å². The van der Waals surface area contributed by atoms with Gasteiger partial charge in [0.25, 0.3) is 0 Å². The molecule has 0 unspecified atom stereocenters. The van der Waals surface area contributed by atoms with Crippen LogP contribution in [0.3, 0.4) is 0 Å². The predicted molar refractivity (Wildman–Crippen MR) is 137 cm³/mol. The zero-order valence-electron chi connectivity index (χ0n) is 19.6. The third kappa shape index (κ3) is 5.22. The van der Waals surface area contributed by atoms with Crippen LogP contribution in [0.2, 0.25) is 5.02 Å². The largest absolute Gasteiger partial charge is 0.367 e. The molecule has 8 nitrogen and oxygen atoms in total. The Morgan fingerprint density at radius 1 is 1.15 bits per heavy atom. The van der Waals surface area contributed by atoms with Crippen molar-refractivity contribution in [3.8, 4) is 0 Å². The van der Waals surface area contributed by atoms with Crippen LogP contribution < -0.4 is 10.2 Å². The van der Waals surface area contributed by atoms with Crippen LogP contribution in [-0.4, -0.2) is 65.1 Å². The van der Waals surface area contributed by atoms with E-state index in [0.29, 0.717) is 42.5 Å². The molecule has 1 aliphatic rings. The Morgan fingerprint density at radius 2 is 1.85 bits per heavy atom. The van der Waals surface area contributed by atoms with E-state index in [1.807, 2.05) is 36.9 Å². The number of amides is 2. The van der Waals surface area contributed by atoms with E-state index in [0.717, 1.165) is 16.6 Å². The molecule has 1 aromatic carbocycles. The molecular weight excluding hydrogens is 452 g/mol. The van der Waals surface area contributed by atoms with E-state index in [4.69, 9.17) is 11.6 Å². The summed E-state index contributed by atoms with van der Waals surface area (Å²) in [5, 5.41) is 4.38. The van der Waals surface area contributed by atoms with Crippen molar-refractivity contribution in [3.05, 3.63) is 53.3 Å². The van der Waals surface area contributed by atoms with Crippen molar-refractivity contribution < 1.29 is 9.59 Å². The molecule has 3 aromatic rings. The zero-order valence-corrected chi connectivity index (χ0v) is 20.3. The van der Waals surface area contributed by atoms with Crippen molar-refractivity contribution >= 4 is 52.0 Å². The number of aromatic nitrogens is 2. The van der Waals surface area contributed by atoms with E-state index in [2.05, 4.69) is 25.2 Å². The van der Waals surface area contributed by atoms with Crippen molar-refractivity contribution in [2.45, 2.75) is 32.7 Å². The molecule has 178 valence electrons. The van der Waals surface area contributed by atoms with Gasteiger partial charge >= 0.3 is 0 Å². The topological polar surface area (TPSA) is 93.7 Å². The second kappa shape index (κ2) is 10.3. The second-order valence-electron chi connectivity index (χ2n) is 8.67. The van der Waals surface area contributed by atoms with E-state index >= 15 is 0 Å². The number of carbonyl (C=O) groups is 2. The van der Waals surface area contributed by atoms with Crippen LogP contribution in [0.5, 0.6) is 0 Å². The Bertz CT molecular complexity index is 1200. The molecule has 1 aliphatic heterocycles. The summed E-state index contributed by atoms with van der Waals surface area (Å²) in [6.07, 6.45) is 5.27. The number of nitrogens with one attached hydrogen (secondary N) is 2. The van der Waals surface area contributed by atoms with Gasteiger partial charge in [-0.15, -0.1) is 0 Å². The van der Waals surface area contributed by atoms with Crippen molar-refractivity contribution in [1.82, 2.24) is 14.9 Å². The Morgan fingerprint density at radius 3 is 2.50 bits per heavy atom. The van der Waals surface area contributed by atoms with Gasteiger partial charge in [0.1, 0.15) is 5.65 Å². The Kier molecular flexibility index (Phi) is 7.17. The number of pyridine rings is 1. The van der Waals surface area contributed by atoms with Crippen LogP contribution in [0.4, 0.5) is 11.4 Å². The lowest BCUT2D eigenvalue weighted by atomic mass is 9.98. The number of nitrogens with zero attached hydrogens (tertiary/aromatic N) is 4. The monoisotopic (exact) mass is 480 g/mol. The number of piperazine rings is 1. The molecule has 9 heteroatoms. The standard InChI is InChI=1S/C25H29ClN6O2/c1-16(2)28-14-20(18-4-6-19(26)7-5-18)25(34)32-12-10-31(11-13-32)22-8-9-27-24-23(22)21(15-29-24)30-17(3)33/h4-9,14-16,20H,10-13H2,1-3H3,(H,27,29)(H,30,33)/t20-/m1/s1. The molecule has 4 rings (SSSR count). The minimum Gasteiger partial charge on any atom is -0.367 e. The van der Waals surface area contributed by atoms with E-state index < -0.39 is 5.92 Å². The number of benzene rings is 1. The number of aromatic amines is 1. The van der Waals surface area contributed by atoms with Gasteiger partial charge in [-0.25, -0.2) is 4.98 Å². The van der Waals surface area contributed by atoms with Crippen molar-refractivity contribution in [2.75, 3.05) is 36.4 Å². The molecule has 1 fully saturated rings. The molecule has 2 N–H and O–H groups in total. The predicted octanol–water partition coefficient (Wildman–Crippen LogP) is 4.09. The highest BCUT2D eigenvalue weighted by Crippen LogP contribution is 2.32. The summed E-state index contributed by atoms with van der Waals surface area (Å²) in [5.41, 5.74) is 3.28. The van der Waals surface area contributed by atoms with Gasteiger partial charge in [0.15, 0.2) is 0 Å². The Hall–Kier alpha value is -3.39. The highest BCUT2D eigenvalue weighted by Gasteiger charge is 2.29. The number of H-pyrrole nitrogens is 1. The maximum atomic E-state index is 13.5. The van der Waals surface area contributed by atoms with E-state index in [-0.39, 0.29) is 17.9 Å². The smallest absolute Gasteiger partial charge is 0.235 e. The maximum absolute atomic E-state index is 13.5. The minimum atomic E-state index is -0.449. The average Bonchev–Trinajstić information content (AvgIpc) is 3.22. The molecule has 1 saturated heterocycles. The fourth-order valence-electron chi connectivity index (χ4n) is 4.18. The fraction of sp³-hybridized carbons (Fsp3) is 0.360. The molecule has 2 aromatic heterocycles. The zero-order chi connectivity index (χ0) is 24.2. The maximum Gasteiger partial charge on any atom is 0.235 e. The van der Waals surface area contributed by atoms with Gasteiger partial charge in [-0.1, -0.05) is 23.7 Å². The van der Waals surface area contributed by atoms with Gasteiger partial charge < -0.3 is 20.1 Å². The van der Waals surface area contributed by atoms with Gasteiger partial charge in [-0.05, 0) is 37.6 Å². The van der Waals surface area contributed by atoms with Gasteiger partial charge in [0.05, 0.1) is 22.7 Å². The van der Waals surface area contributed by atoms with Crippen LogP contribution in [0.25, 0.3) is 11.0 Å². The van der Waals surface area contributed by atoms with Crippen molar-refractivity contribution in [2.24, 2.45) is 4.99 Å². The van der Waals surface area contributed by atoms with Gasteiger partial charge in [0, 0.05) is 62.8 Å². The van der Waals surface area contributed by atoms with Gasteiger partial charge in [-0.2, -0.15) is 0 Å². The van der Waals surface area contributed by atoms with Crippen molar-refractivity contribution in [3.63, 3.8) is 0 Å². The highest BCUT2D eigenvalue weighted by atomic mass is 35.5. The van der Waals surface area contributed by atoms with Gasteiger partial charge in [0.2, 0.25) is 11.8 Å². The van der Waals surface area contributed by atoms with Crippen LogP contribution in [0.1, 0.15) is 32.3 Å². The summed E-state index contributed by atoms with van der Waals surface area (Å²) in [4.78, 5) is 41.3. The summed E-state index contributed by atoms with van der Waals surface area (Å²) in [7, 11) is 0. The number of carbonyl (C=O) groups excluding carboxylic acids is 2. The first-order valence-corrected chi connectivity index (χ1v) is 11.8. The van der Waals surface area contributed by atoms with Crippen LogP contribution in [0, 0.1) is 0 Å². The molecule has 34 heavy (non-hydrogen) atoms. The first kappa shape index (κ1) is 23.8. The molecular formula is C25H29ClN6O2. The summed E-state index contributed by atoms with van der Waals surface area (Å²) < 4.78 is 0. The van der Waals surface area contributed by atoms with Crippen LogP contribution in [-0.2, 0) is 9.59 Å². The Balaban J connectivity index is 1.52. The number of aliphatic imine (C=N–C) groups is 1. The number of anilines is 2. The third-order valence-electron chi connectivity index (χ3n) is 5.82. The molecule has 0 saturated carbocycles. The molecule has 0 bridgehead atoms. The lowest BCUT2D eigenvalue weighted by molar-refractivity contribution is -0.131. The quantitative estimate of drug-likeness (QED) is 0.520. The third-order valence-corrected chi connectivity index (χ3v) is 6.07. The molecule has 0 radical (unpaired) electrons. The normalized spacial score (nSPS) is 15.3. The van der Waals surface area contributed by atoms with E-state index in [9.17, 15) is 9.59 Å². The summed E-state index contributed by atoms with van der Waals surface area (Å²) in [6.45, 7) is 7.98. The number of hydrogen-bond donors (Lipinski definition) is 2. The molecule has 3 heterocycles. The number of fused-ring (bicyclic) bond motifs is 1. The van der Waals surface area contributed by atoms with Crippen LogP contribution in [0.15, 0.2) is 47.7 Å². The average molecular weight is 481 g/mol. The molecule has 1 atom stereocenters.